The molecular formula is C39H49N5O4. The molecule has 2 N–H and O–H groups in total. The van der Waals surface area contributed by atoms with Crippen molar-refractivity contribution in [2.75, 3.05) is 34.3 Å². The van der Waals surface area contributed by atoms with Crippen molar-refractivity contribution in [3.8, 4) is 28.1 Å². The van der Waals surface area contributed by atoms with Crippen molar-refractivity contribution < 1.29 is 19.4 Å². The Morgan fingerprint density at radius 1 is 1.12 bits per heavy atom. The third kappa shape index (κ3) is 7.80. The lowest BCUT2D eigenvalue weighted by molar-refractivity contribution is -0.133. The number of aromatic hydroxyl groups is 1. The largest absolute Gasteiger partial charge is 0.508 e. The number of ether oxygens (including phenoxy) is 1. The summed E-state index contributed by atoms with van der Waals surface area (Å²) in [7, 11) is 5.95. The number of nitrogens with one attached hydrogen (secondary N) is 1. The highest BCUT2D eigenvalue weighted by atomic mass is 16.5. The fourth-order valence-corrected chi connectivity index (χ4v) is 6.84. The molecule has 0 aliphatic carbocycles. The number of likely N-dealkylation sites (N-methyl/N-ethyl adjacent to an activating group) is 1. The van der Waals surface area contributed by atoms with E-state index < -0.39 is 6.04 Å². The van der Waals surface area contributed by atoms with E-state index in [0.717, 1.165) is 53.5 Å². The summed E-state index contributed by atoms with van der Waals surface area (Å²) >= 11 is 0. The van der Waals surface area contributed by atoms with E-state index in [1.165, 1.54) is 27.4 Å². The Bertz CT molecular complexity index is 1790. The van der Waals surface area contributed by atoms with Crippen molar-refractivity contribution in [2.45, 2.75) is 65.6 Å². The minimum atomic E-state index is -0.469. The molecule has 1 unspecified atom stereocenters. The number of nitrogens with zero attached hydrogens (tertiary/aromatic N) is 4. The number of phenols is 1. The van der Waals surface area contributed by atoms with Gasteiger partial charge in [-0.25, -0.2) is 5.01 Å². The average Bonchev–Trinajstić information content (AvgIpc) is 3.37. The molecule has 1 amide bonds. The van der Waals surface area contributed by atoms with Crippen LogP contribution in [0.2, 0.25) is 0 Å². The molecule has 0 fully saturated rings. The van der Waals surface area contributed by atoms with Crippen LogP contribution >= 0.6 is 0 Å². The maximum Gasteiger partial charge on any atom is 0.293 e. The van der Waals surface area contributed by atoms with E-state index in [1.54, 1.807) is 25.4 Å². The Labute approximate surface area is 284 Å². The first-order chi connectivity index (χ1) is 23.0. The minimum absolute atomic E-state index is 0.0754. The van der Waals surface area contributed by atoms with Gasteiger partial charge >= 0.3 is 0 Å². The highest BCUT2D eigenvalue weighted by molar-refractivity contribution is 5.95. The molecule has 1 aromatic heterocycles. The zero-order valence-electron chi connectivity index (χ0n) is 29.1. The second kappa shape index (κ2) is 15.2. The van der Waals surface area contributed by atoms with Crippen molar-refractivity contribution >= 4 is 29.5 Å². The van der Waals surface area contributed by atoms with Crippen LogP contribution in [0.4, 0.5) is 0 Å². The van der Waals surface area contributed by atoms with Crippen LogP contribution < -0.4 is 5.32 Å². The lowest BCUT2D eigenvalue weighted by Crippen LogP contribution is -2.45. The summed E-state index contributed by atoms with van der Waals surface area (Å²) in [6, 6.07) is 20.2. The summed E-state index contributed by atoms with van der Waals surface area (Å²) in [5, 5.41) is 21.0. The number of carbonyl (C=O) groups is 2. The van der Waals surface area contributed by atoms with Gasteiger partial charge in [-0.15, -0.1) is 0 Å². The number of phenolic OH excluding ortho intramolecular Hbond substituents is 1. The van der Waals surface area contributed by atoms with Gasteiger partial charge in [0, 0.05) is 47.7 Å². The van der Waals surface area contributed by atoms with Gasteiger partial charge in [0.1, 0.15) is 5.75 Å². The summed E-state index contributed by atoms with van der Waals surface area (Å²) in [6.45, 7) is 9.44. The molecule has 9 heteroatoms. The first kappa shape index (κ1) is 34.9. The Morgan fingerprint density at radius 3 is 2.60 bits per heavy atom. The summed E-state index contributed by atoms with van der Waals surface area (Å²) in [5.41, 5.74) is 8.31. The van der Waals surface area contributed by atoms with E-state index in [9.17, 15) is 14.7 Å². The molecule has 1 aliphatic heterocycles. The van der Waals surface area contributed by atoms with Crippen molar-refractivity contribution in [1.82, 2.24) is 19.8 Å². The number of amides is 1. The van der Waals surface area contributed by atoms with Crippen molar-refractivity contribution in [3.63, 3.8) is 0 Å². The number of aryl methyl sites for hydroxylation is 1. The number of fused-ring (bicyclic) bond motifs is 1. The van der Waals surface area contributed by atoms with Gasteiger partial charge in [-0.2, -0.15) is 5.10 Å². The number of rotatable bonds is 14. The Hall–Kier alpha value is -4.47. The van der Waals surface area contributed by atoms with Gasteiger partial charge in [0.15, 0.2) is 0 Å². The third-order valence-corrected chi connectivity index (χ3v) is 9.02. The van der Waals surface area contributed by atoms with Gasteiger partial charge in [-0.3, -0.25) is 9.59 Å². The molecule has 4 aromatic rings. The number of hydrazone groups is 1. The summed E-state index contributed by atoms with van der Waals surface area (Å²) in [5.74, 6) is 0.0752. The van der Waals surface area contributed by atoms with Crippen molar-refractivity contribution in [3.05, 3.63) is 77.4 Å². The van der Waals surface area contributed by atoms with E-state index in [2.05, 4.69) is 103 Å². The van der Waals surface area contributed by atoms with E-state index >= 15 is 0 Å². The molecule has 48 heavy (non-hydrogen) atoms. The van der Waals surface area contributed by atoms with Gasteiger partial charge < -0.3 is 24.6 Å². The normalized spacial score (nSPS) is 14.1. The number of hydrogen-bond donors (Lipinski definition) is 2. The zero-order valence-corrected chi connectivity index (χ0v) is 29.1. The molecule has 254 valence electrons. The molecule has 1 aliphatic rings. The van der Waals surface area contributed by atoms with Crippen LogP contribution in [0, 0.1) is 5.41 Å². The molecular weight excluding hydrogens is 602 g/mol. The lowest BCUT2D eigenvalue weighted by atomic mass is 9.84. The predicted octanol–water partition coefficient (Wildman–Crippen LogP) is 6.24. The van der Waals surface area contributed by atoms with Gasteiger partial charge in [-0.05, 0) is 106 Å². The monoisotopic (exact) mass is 651 g/mol. The second-order valence-corrected chi connectivity index (χ2v) is 13.8. The Morgan fingerprint density at radius 2 is 1.92 bits per heavy atom. The zero-order chi connectivity index (χ0) is 34.4. The van der Waals surface area contributed by atoms with Gasteiger partial charge in [0.2, 0.25) is 0 Å². The minimum Gasteiger partial charge on any atom is -0.508 e. The molecule has 1 atom stereocenters. The Kier molecular flexibility index (Phi) is 11.0. The first-order valence-corrected chi connectivity index (χ1v) is 16.8. The first-order valence-electron chi connectivity index (χ1n) is 16.8. The van der Waals surface area contributed by atoms with Crippen LogP contribution in [-0.2, 0) is 40.3 Å². The molecule has 0 spiro atoms. The van der Waals surface area contributed by atoms with Gasteiger partial charge in [-0.1, -0.05) is 50.2 Å². The van der Waals surface area contributed by atoms with E-state index in [-0.39, 0.29) is 17.1 Å². The Balaban J connectivity index is 1.62. The molecule has 0 radical (unpaired) electrons. The average molecular weight is 652 g/mol. The van der Waals surface area contributed by atoms with Gasteiger partial charge in [0.05, 0.1) is 18.3 Å². The highest BCUT2D eigenvalue weighted by Crippen LogP contribution is 2.41. The van der Waals surface area contributed by atoms with Crippen LogP contribution in [-0.4, -0.2) is 78.5 Å². The van der Waals surface area contributed by atoms with Crippen molar-refractivity contribution in [2.24, 2.45) is 10.5 Å². The maximum absolute atomic E-state index is 13.3. The smallest absolute Gasteiger partial charge is 0.293 e. The van der Waals surface area contributed by atoms with E-state index in [4.69, 9.17) is 4.74 Å². The molecule has 0 saturated carbocycles. The molecule has 5 rings (SSSR count). The standard InChI is InChI=1S/C39H49N5O4/c1-7-43-36-15-14-28(30-18-27(19-31(46)21-30)20-35(40-4)38(47)44-17-11-10-16-41-44)22-33(36)34(23-39(2,3)25-48-26-45)37(43)32-13-9-8-12-29(32)24-42(5)6/h8-9,12-16,18-19,21-22,26,35,40,46H,7,10-11,17,20,23-25H2,1-6H3. The predicted molar refractivity (Wildman–Crippen MR) is 193 cm³/mol. The van der Waals surface area contributed by atoms with Crippen LogP contribution in [0.25, 0.3) is 33.3 Å². The van der Waals surface area contributed by atoms with E-state index in [1.807, 2.05) is 0 Å². The fourth-order valence-electron chi connectivity index (χ4n) is 6.84. The van der Waals surface area contributed by atoms with Crippen LogP contribution in [0.15, 0.2) is 65.8 Å². The van der Waals surface area contributed by atoms with Crippen LogP contribution in [0.5, 0.6) is 5.75 Å². The SMILES string of the molecule is CCn1c(-c2ccccc2CN(C)C)c(CC(C)(C)COC=O)c2cc(-c3cc(O)cc(CC(NC)C(=O)N4CCCC=N4)c3)ccc21. The quantitative estimate of drug-likeness (QED) is 0.157. The second-order valence-electron chi connectivity index (χ2n) is 13.8. The van der Waals surface area contributed by atoms with Crippen molar-refractivity contribution in [1.29, 1.82) is 0 Å². The van der Waals surface area contributed by atoms with Crippen LogP contribution in [0.1, 0.15) is 50.3 Å². The third-order valence-electron chi connectivity index (χ3n) is 9.02. The topological polar surface area (TPSA) is 99.4 Å². The highest BCUT2D eigenvalue weighted by Gasteiger charge is 2.28. The summed E-state index contributed by atoms with van der Waals surface area (Å²) in [4.78, 5) is 26.6. The molecule has 2 heterocycles. The molecule has 9 nitrogen and oxygen atoms in total. The van der Waals surface area contributed by atoms with E-state index in [0.29, 0.717) is 32.5 Å². The summed E-state index contributed by atoms with van der Waals surface area (Å²) < 4.78 is 7.68. The summed E-state index contributed by atoms with van der Waals surface area (Å²) in [6.07, 6.45) is 4.68. The molecule has 0 bridgehead atoms. The lowest BCUT2D eigenvalue weighted by Gasteiger charge is -2.25. The maximum atomic E-state index is 13.3. The fraction of sp³-hybridized carbons (Fsp3) is 0.410. The van der Waals surface area contributed by atoms with Gasteiger partial charge in [0.25, 0.3) is 12.4 Å². The number of hydrogen-bond acceptors (Lipinski definition) is 7. The number of benzene rings is 3. The van der Waals surface area contributed by atoms with Crippen LogP contribution in [0.3, 0.4) is 0 Å². The number of carbonyl (C=O) groups excluding carboxylic acids is 2. The molecule has 3 aromatic carbocycles. The molecule has 0 saturated heterocycles. The number of aromatic nitrogens is 1.